The van der Waals surface area contributed by atoms with Gasteiger partial charge in [-0.05, 0) is 18.9 Å². The number of hydrogen-bond donors (Lipinski definition) is 0. The van der Waals surface area contributed by atoms with Gasteiger partial charge in [0.05, 0.1) is 10.9 Å². The van der Waals surface area contributed by atoms with E-state index in [1.54, 1.807) is 30.3 Å². The number of rotatable bonds is 7. The summed E-state index contributed by atoms with van der Waals surface area (Å²) >= 11 is 0. The van der Waals surface area contributed by atoms with Crippen molar-refractivity contribution in [3.8, 4) is 17.1 Å². The highest BCUT2D eigenvalue weighted by molar-refractivity contribution is 5.94. The highest BCUT2D eigenvalue weighted by Crippen LogP contribution is 2.40. The Morgan fingerprint density at radius 3 is 2.52 bits per heavy atom. The average Bonchev–Trinajstić information content (AvgIpc) is 3.12. The molecular formula is C25H22F3N3O2. The van der Waals surface area contributed by atoms with Gasteiger partial charge in [0.15, 0.2) is 11.4 Å². The summed E-state index contributed by atoms with van der Waals surface area (Å²) in [6, 6.07) is 17.3. The molecule has 33 heavy (non-hydrogen) atoms. The van der Waals surface area contributed by atoms with Crippen LogP contribution in [0.25, 0.3) is 22.3 Å². The van der Waals surface area contributed by atoms with Crippen molar-refractivity contribution in [2.75, 3.05) is 6.61 Å². The molecule has 0 aliphatic carbocycles. The Balaban J connectivity index is 1.59. The zero-order chi connectivity index (χ0) is 23.6. The summed E-state index contributed by atoms with van der Waals surface area (Å²) in [5, 5.41) is 4.17. The Bertz CT molecular complexity index is 1300. The number of Topliss-reactive ketones (excluding diaryl/α,β-unsaturated/α-hetero) is 1. The molecule has 0 aliphatic rings. The van der Waals surface area contributed by atoms with Crippen LogP contribution in [0.4, 0.5) is 13.2 Å². The number of nitrogens with zero attached hydrogens (tertiary/aromatic N) is 3. The minimum atomic E-state index is -4.65. The number of alkyl halides is 3. The molecule has 0 saturated carbocycles. The second-order valence-corrected chi connectivity index (χ2v) is 7.86. The molecule has 2 aromatic heterocycles. The van der Waals surface area contributed by atoms with Gasteiger partial charge in [0.1, 0.15) is 12.3 Å². The number of carbonyl (C=O) groups is 1. The number of fused-ring (bicyclic) bond motifs is 1. The predicted molar refractivity (Wildman–Crippen MR) is 119 cm³/mol. The SMILES string of the molecule is Cc1cccc(CCC(=O)COc2cc(C(F)(F)F)c3c(-c4ccccc4)nn(C)c3n2)c1. The van der Waals surface area contributed by atoms with E-state index in [9.17, 15) is 18.0 Å². The van der Waals surface area contributed by atoms with E-state index >= 15 is 0 Å². The normalized spacial score (nSPS) is 11.7. The van der Waals surface area contributed by atoms with E-state index in [4.69, 9.17) is 4.74 Å². The Morgan fingerprint density at radius 2 is 1.82 bits per heavy atom. The largest absolute Gasteiger partial charge is 0.470 e. The average molecular weight is 453 g/mol. The summed E-state index contributed by atoms with van der Waals surface area (Å²) in [7, 11) is 1.53. The highest BCUT2D eigenvalue weighted by atomic mass is 19.4. The predicted octanol–water partition coefficient (Wildman–Crippen LogP) is 5.54. The molecule has 0 N–H and O–H groups in total. The molecule has 0 saturated heterocycles. The fraction of sp³-hybridized carbons (Fsp3) is 0.240. The molecule has 170 valence electrons. The van der Waals surface area contributed by atoms with Gasteiger partial charge in [-0.1, -0.05) is 60.2 Å². The molecule has 0 fully saturated rings. The standard InChI is InChI=1S/C25H22F3N3O2/c1-16-7-6-8-17(13-16)11-12-19(32)15-33-21-14-20(25(26,27)28)22-23(18-9-4-3-5-10-18)30-31(2)24(22)29-21/h3-10,13-14H,11-12,15H2,1-2H3. The molecule has 0 aliphatic heterocycles. The van der Waals surface area contributed by atoms with Crippen LogP contribution in [0.15, 0.2) is 60.7 Å². The number of aryl methyl sites for hydroxylation is 3. The van der Waals surface area contributed by atoms with Gasteiger partial charge in [0.25, 0.3) is 0 Å². The third-order valence-corrected chi connectivity index (χ3v) is 5.28. The molecule has 0 atom stereocenters. The van der Waals surface area contributed by atoms with E-state index in [1.807, 2.05) is 31.2 Å². The van der Waals surface area contributed by atoms with Gasteiger partial charge in [-0.15, -0.1) is 0 Å². The molecule has 4 aromatic rings. The van der Waals surface area contributed by atoms with Crippen LogP contribution in [-0.4, -0.2) is 27.2 Å². The van der Waals surface area contributed by atoms with Crippen LogP contribution >= 0.6 is 0 Å². The first-order valence-corrected chi connectivity index (χ1v) is 10.4. The van der Waals surface area contributed by atoms with E-state index in [0.717, 1.165) is 17.2 Å². The number of aromatic nitrogens is 3. The fourth-order valence-electron chi connectivity index (χ4n) is 3.70. The maximum Gasteiger partial charge on any atom is 0.417 e. The Hall–Kier alpha value is -3.68. The molecule has 5 nitrogen and oxygen atoms in total. The van der Waals surface area contributed by atoms with Crippen molar-refractivity contribution >= 4 is 16.8 Å². The zero-order valence-electron chi connectivity index (χ0n) is 18.2. The Kier molecular flexibility index (Phi) is 6.18. The summed E-state index contributed by atoms with van der Waals surface area (Å²) in [6.07, 6.45) is -3.89. The first-order chi connectivity index (χ1) is 15.7. The lowest BCUT2D eigenvalue weighted by Gasteiger charge is -2.12. The Morgan fingerprint density at radius 1 is 1.06 bits per heavy atom. The van der Waals surface area contributed by atoms with Crippen LogP contribution in [-0.2, 0) is 24.4 Å². The van der Waals surface area contributed by atoms with Crippen LogP contribution in [0.3, 0.4) is 0 Å². The minimum Gasteiger partial charge on any atom is -0.470 e. The molecular weight excluding hydrogens is 431 g/mol. The van der Waals surface area contributed by atoms with Gasteiger partial charge in [-0.2, -0.15) is 23.3 Å². The first kappa shape index (κ1) is 22.5. The van der Waals surface area contributed by atoms with Crippen molar-refractivity contribution in [1.29, 1.82) is 0 Å². The molecule has 8 heteroatoms. The number of ether oxygens (including phenoxy) is 1. The molecule has 0 spiro atoms. The fourth-order valence-corrected chi connectivity index (χ4v) is 3.70. The first-order valence-electron chi connectivity index (χ1n) is 10.4. The lowest BCUT2D eigenvalue weighted by molar-refractivity contribution is -0.136. The molecule has 0 amide bonds. The second kappa shape index (κ2) is 9.05. The van der Waals surface area contributed by atoms with Crippen molar-refractivity contribution in [1.82, 2.24) is 14.8 Å². The summed E-state index contributed by atoms with van der Waals surface area (Å²) in [4.78, 5) is 16.5. The van der Waals surface area contributed by atoms with E-state index in [-0.39, 0.29) is 41.4 Å². The zero-order valence-corrected chi connectivity index (χ0v) is 18.2. The number of hydrogen-bond acceptors (Lipinski definition) is 4. The van der Waals surface area contributed by atoms with Crippen molar-refractivity contribution in [3.63, 3.8) is 0 Å². The molecule has 4 rings (SSSR count). The molecule has 0 unspecified atom stereocenters. The minimum absolute atomic E-state index is 0.0332. The maximum atomic E-state index is 14.0. The summed E-state index contributed by atoms with van der Waals surface area (Å²) < 4.78 is 48.5. The van der Waals surface area contributed by atoms with E-state index in [2.05, 4.69) is 10.1 Å². The van der Waals surface area contributed by atoms with Crippen molar-refractivity contribution in [2.24, 2.45) is 7.05 Å². The topological polar surface area (TPSA) is 57.0 Å². The lowest BCUT2D eigenvalue weighted by atomic mass is 10.0. The second-order valence-electron chi connectivity index (χ2n) is 7.86. The van der Waals surface area contributed by atoms with Gasteiger partial charge in [-0.25, -0.2) is 4.68 Å². The van der Waals surface area contributed by atoms with Crippen LogP contribution in [0.5, 0.6) is 5.88 Å². The smallest absolute Gasteiger partial charge is 0.417 e. The molecule has 2 aromatic carbocycles. The van der Waals surface area contributed by atoms with Crippen molar-refractivity contribution < 1.29 is 22.7 Å². The summed E-state index contributed by atoms with van der Waals surface area (Å²) in [6.45, 7) is 1.61. The number of carbonyl (C=O) groups excluding carboxylic acids is 1. The third-order valence-electron chi connectivity index (χ3n) is 5.28. The van der Waals surface area contributed by atoms with Crippen LogP contribution < -0.4 is 4.74 Å². The number of pyridine rings is 1. The van der Waals surface area contributed by atoms with Gasteiger partial charge in [-0.3, -0.25) is 4.79 Å². The maximum absolute atomic E-state index is 14.0. The Labute approximate surface area is 188 Å². The van der Waals surface area contributed by atoms with Gasteiger partial charge < -0.3 is 4.74 Å². The summed E-state index contributed by atoms with van der Waals surface area (Å²) in [5.74, 6) is -0.483. The van der Waals surface area contributed by atoms with E-state index in [0.29, 0.717) is 12.0 Å². The molecule has 2 heterocycles. The van der Waals surface area contributed by atoms with Gasteiger partial charge in [0.2, 0.25) is 5.88 Å². The number of benzene rings is 2. The monoisotopic (exact) mass is 453 g/mol. The van der Waals surface area contributed by atoms with E-state index in [1.165, 1.54) is 11.7 Å². The van der Waals surface area contributed by atoms with Crippen LogP contribution in [0.1, 0.15) is 23.1 Å². The van der Waals surface area contributed by atoms with Crippen LogP contribution in [0, 0.1) is 6.92 Å². The van der Waals surface area contributed by atoms with E-state index < -0.39 is 11.7 Å². The van der Waals surface area contributed by atoms with Gasteiger partial charge >= 0.3 is 6.18 Å². The summed E-state index contributed by atoms with van der Waals surface area (Å²) in [5.41, 5.74) is 1.99. The van der Waals surface area contributed by atoms with Gasteiger partial charge in [0, 0.05) is 25.1 Å². The highest BCUT2D eigenvalue weighted by Gasteiger charge is 2.36. The van der Waals surface area contributed by atoms with Crippen LogP contribution in [0.2, 0.25) is 0 Å². The molecule has 0 bridgehead atoms. The third kappa shape index (κ3) is 5.05. The van der Waals surface area contributed by atoms with Crippen molar-refractivity contribution in [3.05, 3.63) is 77.4 Å². The lowest BCUT2D eigenvalue weighted by Crippen LogP contribution is -2.14. The number of halogens is 3. The number of ketones is 1. The quantitative estimate of drug-likeness (QED) is 0.369. The van der Waals surface area contributed by atoms with Crippen molar-refractivity contribution in [2.45, 2.75) is 25.9 Å². The molecule has 0 radical (unpaired) electrons.